The van der Waals surface area contributed by atoms with Crippen LogP contribution in [0.3, 0.4) is 0 Å². The zero-order chi connectivity index (χ0) is 10.6. The van der Waals surface area contributed by atoms with Crippen LogP contribution in [0.15, 0.2) is 16.8 Å². The Bertz CT molecular complexity index is 279. The summed E-state index contributed by atoms with van der Waals surface area (Å²) in [7, 11) is 0. The first-order chi connectivity index (χ1) is 6.51. The molecular formula is C8H8F3NO2. The molecule has 0 heterocycles. The van der Waals surface area contributed by atoms with Crippen LogP contribution in [0.2, 0.25) is 0 Å². The van der Waals surface area contributed by atoms with Gasteiger partial charge in [-0.3, -0.25) is 4.74 Å². The van der Waals surface area contributed by atoms with E-state index in [1.807, 2.05) is 0 Å². The van der Waals surface area contributed by atoms with Gasteiger partial charge < -0.3 is 0 Å². The molecule has 0 aliphatic heterocycles. The van der Waals surface area contributed by atoms with E-state index in [-0.39, 0.29) is 12.8 Å². The normalized spacial score (nSPS) is 22.5. The molecule has 0 saturated carbocycles. The number of rotatable bonds is 2. The Kier molecular flexibility index (Phi) is 3.43. The van der Waals surface area contributed by atoms with Gasteiger partial charge in [0.2, 0.25) is 6.08 Å². The number of hydrogen-bond donors (Lipinski definition) is 0. The zero-order valence-corrected chi connectivity index (χ0v) is 7.17. The van der Waals surface area contributed by atoms with E-state index >= 15 is 0 Å². The maximum atomic E-state index is 11.8. The Morgan fingerprint density at radius 3 is 2.71 bits per heavy atom. The molecular weight excluding hydrogens is 199 g/mol. The molecule has 0 aromatic rings. The van der Waals surface area contributed by atoms with Gasteiger partial charge in [-0.1, -0.05) is 6.08 Å². The molecule has 0 saturated heterocycles. The minimum atomic E-state index is -4.59. The van der Waals surface area contributed by atoms with Gasteiger partial charge in [0.25, 0.3) is 0 Å². The lowest BCUT2D eigenvalue weighted by Gasteiger charge is -2.21. The molecule has 1 rings (SSSR count). The highest BCUT2D eigenvalue weighted by Crippen LogP contribution is 2.27. The zero-order valence-electron chi connectivity index (χ0n) is 7.17. The van der Waals surface area contributed by atoms with Crippen molar-refractivity contribution in [3.63, 3.8) is 0 Å². The molecule has 1 unspecified atom stereocenters. The predicted octanol–water partition coefficient (Wildman–Crippen LogP) is 2.29. The van der Waals surface area contributed by atoms with Gasteiger partial charge in [0.05, 0.1) is 6.10 Å². The van der Waals surface area contributed by atoms with Crippen LogP contribution < -0.4 is 0 Å². The molecule has 0 bridgehead atoms. The number of isocyanates is 1. The highest BCUT2D eigenvalue weighted by atomic mass is 19.4. The standard InChI is InChI=1S/C8H8F3NO2/c9-8(10,11)14-7-3-1-6(2-4-7)12-5-13/h1,7H,2-4H2. The molecule has 6 heteroatoms. The van der Waals surface area contributed by atoms with Crippen LogP contribution in [0, 0.1) is 0 Å². The molecule has 3 nitrogen and oxygen atoms in total. The summed E-state index contributed by atoms with van der Waals surface area (Å²) in [4.78, 5) is 13.2. The van der Waals surface area contributed by atoms with Crippen molar-refractivity contribution in [3.05, 3.63) is 11.8 Å². The van der Waals surface area contributed by atoms with E-state index in [9.17, 15) is 18.0 Å². The Morgan fingerprint density at radius 1 is 1.57 bits per heavy atom. The third-order valence-electron chi connectivity index (χ3n) is 1.83. The first-order valence-electron chi connectivity index (χ1n) is 4.03. The third-order valence-corrected chi connectivity index (χ3v) is 1.83. The topological polar surface area (TPSA) is 38.7 Å². The van der Waals surface area contributed by atoms with Crippen molar-refractivity contribution in [3.8, 4) is 0 Å². The molecule has 0 aromatic heterocycles. The largest absolute Gasteiger partial charge is 0.522 e. The molecule has 78 valence electrons. The maximum Gasteiger partial charge on any atom is 0.522 e. The summed E-state index contributed by atoms with van der Waals surface area (Å²) in [5.41, 5.74) is 0.474. The van der Waals surface area contributed by atoms with Crippen molar-refractivity contribution in [1.82, 2.24) is 0 Å². The number of ether oxygens (including phenoxy) is 1. The Hall–Kier alpha value is -1.13. The van der Waals surface area contributed by atoms with Crippen molar-refractivity contribution < 1.29 is 22.7 Å². The second-order valence-corrected chi connectivity index (χ2v) is 2.86. The molecule has 14 heavy (non-hydrogen) atoms. The molecule has 0 fully saturated rings. The predicted molar refractivity (Wildman–Crippen MR) is 41.0 cm³/mol. The fourth-order valence-corrected chi connectivity index (χ4v) is 1.25. The lowest BCUT2D eigenvalue weighted by Crippen LogP contribution is -2.25. The number of alkyl halides is 3. The summed E-state index contributed by atoms with van der Waals surface area (Å²) in [5, 5.41) is 0. The summed E-state index contributed by atoms with van der Waals surface area (Å²) in [6.07, 6.45) is -1.99. The van der Waals surface area contributed by atoms with Gasteiger partial charge in [-0.05, 0) is 19.3 Å². The van der Waals surface area contributed by atoms with Crippen LogP contribution in [0.1, 0.15) is 19.3 Å². The average Bonchev–Trinajstić information content (AvgIpc) is 2.06. The average molecular weight is 207 g/mol. The van der Waals surface area contributed by atoms with Gasteiger partial charge in [-0.25, -0.2) is 4.79 Å². The lowest BCUT2D eigenvalue weighted by atomic mass is 10.0. The van der Waals surface area contributed by atoms with Crippen LogP contribution in [0.25, 0.3) is 0 Å². The van der Waals surface area contributed by atoms with Crippen LogP contribution in [0.4, 0.5) is 13.2 Å². The highest BCUT2D eigenvalue weighted by molar-refractivity contribution is 5.37. The molecule has 0 aromatic carbocycles. The third kappa shape index (κ3) is 3.72. The molecule has 1 atom stereocenters. The summed E-state index contributed by atoms with van der Waals surface area (Å²) < 4.78 is 39.1. The molecule has 1 aliphatic rings. The number of halogens is 3. The smallest absolute Gasteiger partial charge is 0.288 e. The molecule has 0 spiro atoms. The fraction of sp³-hybridized carbons (Fsp3) is 0.625. The second kappa shape index (κ2) is 4.39. The molecule has 0 radical (unpaired) electrons. The lowest BCUT2D eigenvalue weighted by molar-refractivity contribution is -0.343. The number of hydrogen-bond acceptors (Lipinski definition) is 3. The van der Waals surface area contributed by atoms with Crippen LogP contribution in [0.5, 0.6) is 0 Å². The van der Waals surface area contributed by atoms with E-state index in [0.29, 0.717) is 12.1 Å². The van der Waals surface area contributed by atoms with Gasteiger partial charge in [-0.2, -0.15) is 4.99 Å². The summed E-state index contributed by atoms with van der Waals surface area (Å²) in [6.45, 7) is 0. The van der Waals surface area contributed by atoms with Crippen molar-refractivity contribution >= 4 is 6.08 Å². The second-order valence-electron chi connectivity index (χ2n) is 2.86. The van der Waals surface area contributed by atoms with E-state index in [0.717, 1.165) is 0 Å². The number of carbonyl (C=O) groups excluding carboxylic acids is 1. The monoisotopic (exact) mass is 207 g/mol. The number of allylic oxidation sites excluding steroid dienone is 1. The minimum absolute atomic E-state index is 0.125. The van der Waals surface area contributed by atoms with Gasteiger partial charge in [0, 0.05) is 5.70 Å². The van der Waals surface area contributed by atoms with E-state index < -0.39 is 12.5 Å². The summed E-state index contributed by atoms with van der Waals surface area (Å²) in [5.74, 6) is 0. The Morgan fingerprint density at radius 2 is 2.29 bits per heavy atom. The van der Waals surface area contributed by atoms with E-state index in [4.69, 9.17) is 0 Å². The number of aliphatic imine (C=N–C) groups is 1. The van der Waals surface area contributed by atoms with Crippen molar-refractivity contribution in [2.75, 3.05) is 0 Å². The van der Waals surface area contributed by atoms with Crippen LogP contribution in [-0.2, 0) is 9.53 Å². The van der Waals surface area contributed by atoms with Gasteiger partial charge in [0.15, 0.2) is 0 Å². The minimum Gasteiger partial charge on any atom is -0.288 e. The summed E-state index contributed by atoms with van der Waals surface area (Å²) in [6, 6.07) is 0. The highest BCUT2D eigenvalue weighted by Gasteiger charge is 2.33. The van der Waals surface area contributed by atoms with E-state index in [1.54, 1.807) is 0 Å². The molecule has 0 amide bonds. The quantitative estimate of drug-likeness (QED) is 0.514. The van der Waals surface area contributed by atoms with E-state index in [1.165, 1.54) is 12.2 Å². The van der Waals surface area contributed by atoms with Crippen molar-refractivity contribution in [2.24, 2.45) is 4.99 Å². The molecule has 1 aliphatic carbocycles. The first kappa shape index (κ1) is 10.9. The Balaban J connectivity index is 2.46. The van der Waals surface area contributed by atoms with Crippen molar-refractivity contribution in [2.45, 2.75) is 31.7 Å². The van der Waals surface area contributed by atoms with Crippen LogP contribution in [-0.4, -0.2) is 18.5 Å². The summed E-state index contributed by atoms with van der Waals surface area (Å²) >= 11 is 0. The maximum absolute atomic E-state index is 11.8. The van der Waals surface area contributed by atoms with Gasteiger partial charge >= 0.3 is 6.36 Å². The van der Waals surface area contributed by atoms with E-state index in [2.05, 4.69) is 9.73 Å². The van der Waals surface area contributed by atoms with Gasteiger partial charge in [0.1, 0.15) is 0 Å². The Labute approximate surface area is 78.3 Å². The van der Waals surface area contributed by atoms with Gasteiger partial charge in [-0.15, -0.1) is 13.2 Å². The number of nitrogens with zero attached hydrogens (tertiary/aromatic N) is 1. The SMILES string of the molecule is O=C=NC1=CCC(OC(F)(F)F)CC1. The van der Waals surface area contributed by atoms with Crippen molar-refractivity contribution in [1.29, 1.82) is 0 Å². The molecule has 0 N–H and O–H groups in total. The fourth-order valence-electron chi connectivity index (χ4n) is 1.25. The first-order valence-corrected chi connectivity index (χ1v) is 4.03. The van der Waals surface area contributed by atoms with Crippen LogP contribution >= 0.6 is 0 Å².